The second kappa shape index (κ2) is 6.90. The zero-order valence-corrected chi connectivity index (χ0v) is 13.6. The van der Waals surface area contributed by atoms with Gasteiger partial charge in [-0.15, -0.1) is 0 Å². The first-order valence-electron chi connectivity index (χ1n) is 8.26. The highest BCUT2D eigenvalue weighted by Crippen LogP contribution is 2.28. The fourth-order valence-electron chi connectivity index (χ4n) is 3.10. The van der Waals surface area contributed by atoms with Gasteiger partial charge in [0, 0.05) is 24.2 Å². The van der Waals surface area contributed by atoms with Crippen molar-refractivity contribution in [2.24, 2.45) is 5.92 Å². The van der Waals surface area contributed by atoms with Gasteiger partial charge in [0.1, 0.15) is 13.1 Å². The molecule has 134 valence electrons. The monoisotopic (exact) mass is 352 g/mol. The third kappa shape index (κ3) is 4.21. The van der Waals surface area contributed by atoms with Crippen LogP contribution in [0.1, 0.15) is 19.3 Å². The first kappa shape index (κ1) is 17.5. The fraction of sp³-hybridized carbons (Fsp3) is 0.444. The highest BCUT2D eigenvalue weighted by Gasteiger charge is 2.35. The van der Waals surface area contributed by atoms with Crippen molar-refractivity contribution in [1.82, 2.24) is 9.47 Å². The number of nitrogens with zero attached hydrogens (tertiary/aromatic N) is 2. The Kier molecular flexibility index (Phi) is 4.83. The number of fused-ring (bicyclic) bond motifs is 1. The number of carbonyl (C=O) groups excluding carboxylic acids is 1. The molecule has 0 spiro atoms. The van der Waals surface area contributed by atoms with Gasteiger partial charge in [0.25, 0.3) is 0 Å². The van der Waals surface area contributed by atoms with E-state index in [4.69, 9.17) is 0 Å². The first-order chi connectivity index (χ1) is 11.8. The summed E-state index contributed by atoms with van der Waals surface area (Å²) in [6.45, 7) is -1.32. The molecule has 0 aliphatic heterocycles. The van der Waals surface area contributed by atoms with E-state index in [1.165, 1.54) is 16.8 Å². The lowest BCUT2D eigenvalue weighted by atomic mass is 9.85. The molecule has 0 radical (unpaired) electrons. The molecule has 2 aromatic rings. The molecule has 1 saturated carbocycles. The molecule has 1 amide bonds. The van der Waals surface area contributed by atoms with Crippen LogP contribution in [-0.2, 0) is 11.3 Å². The Balaban J connectivity index is 1.83. The van der Waals surface area contributed by atoms with Gasteiger partial charge >= 0.3 is 6.18 Å². The number of para-hydroxylation sites is 1. The third-order valence-corrected chi connectivity index (χ3v) is 4.62. The van der Waals surface area contributed by atoms with Crippen LogP contribution in [0.5, 0.6) is 0 Å². The number of hydrogen-bond donors (Lipinski definition) is 0. The summed E-state index contributed by atoms with van der Waals surface area (Å²) in [5, 5.41) is 0.444. The van der Waals surface area contributed by atoms with Crippen molar-refractivity contribution in [3.05, 3.63) is 46.8 Å². The minimum Gasteiger partial charge on any atom is -0.338 e. The zero-order valence-electron chi connectivity index (χ0n) is 13.6. The van der Waals surface area contributed by atoms with Crippen molar-refractivity contribution in [3.63, 3.8) is 0 Å². The molecule has 0 atom stereocenters. The Hall–Kier alpha value is -2.31. The summed E-state index contributed by atoms with van der Waals surface area (Å²) in [6, 6.07) is 8.09. The molecule has 1 aromatic heterocycles. The molecule has 7 heteroatoms. The standard InChI is InChI=1S/C18H19F3N2O2/c19-18(20,21)12-23(10-13-4-3-5-13)17(25)11-22-9-8-16(24)14-6-1-2-7-15(14)22/h1-2,6-9,13H,3-5,10-12H2. The minimum atomic E-state index is -4.43. The molecule has 4 nitrogen and oxygen atoms in total. The Morgan fingerprint density at radius 1 is 1.20 bits per heavy atom. The van der Waals surface area contributed by atoms with Crippen LogP contribution >= 0.6 is 0 Å². The highest BCUT2D eigenvalue weighted by atomic mass is 19.4. The predicted octanol–water partition coefficient (Wildman–Crippen LogP) is 3.19. The van der Waals surface area contributed by atoms with E-state index in [0.717, 1.165) is 24.2 Å². The summed E-state index contributed by atoms with van der Waals surface area (Å²) in [5.74, 6) is -0.435. The molecule has 1 aliphatic carbocycles. The van der Waals surface area contributed by atoms with Gasteiger partial charge in [-0.25, -0.2) is 0 Å². The van der Waals surface area contributed by atoms with Gasteiger partial charge in [0.05, 0.1) is 5.52 Å². The van der Waals surface area contributed by atoms with E-state index in [9.17, 15) is 22.8 Å². The van der Waals surface area contributed by atoms with E-state index in [2.05, 4.69) is 0 Å². The summed E-state index contributed by atoms with van der Waals surface area (Å²) >= 11 is 0. The number of hydrogen-bond acceptors (Lipinski definition) is 2. The molecule has 3 rings (SSSR count). The Bertz CT molecular complexity index is 825. The lowest BCUT2D eigenvalue weighted by Gasteiger charge is -2.33. The number of benzene rings is 1. The molecule has 1 aromatic carbocycles. The van der Waals surface area contributed by atoms with Gasteiger partial charge in [-0.3, -0.25) is 9.59 Å². The molecule has 0 saturated heterocycles. The predicted molar refractivity (Wildman–Crippen MR) is 88.2 cm³/mol. The van der Waals surface area contributed by atoms with E-state index in [1.807, 2.05) is 0 Å². The Morgan fingerprint density at radius 2 is 1.92 bits per heavy atom. The summed E-state index contributed by atoms with van der Waals surface area (Å²) in [4.78, 5) is 25.3. The van der Waals surface area contributed by atoms with E-state index in [0.29, 0.717) is 10.9 Å². The fourth-order valence-corrected chi connectivity index (χ4v) is 3.10. The normalized spacial score (nSPS) is 15.2. The van der Waals surface area contributed by atoms with Crippen LogP contribution in [0.4, 0.5) is 13.2 Å². The highest BCUT2D eigenvalue weighted by molar-refractivity contribution is 5.82. The molecule has 0 N–H and O–H groups in total. The number of rotatable bonds is 5. The lowest BCUT2D eigenvalue weighted by Crippen LogP contribution is -2.44. The van der Waals surface area contributed by atoms with Crippen molar-refractivity contribution in [2.75, 3.05) is 13.1 Å². The second-order valence-corrected chi connectivity index (χ2v) is 6.51. The Labute approximate surface area is 142 Å². The van der Waals surface area contributed by atoms with Crippen LogP contribution in [0.3, 0.4) is 0 Å². The van der Waals surface area contributed by atoms with Gasteiger partial charge < -0.3 is 9.47 Å². The first-order valence-corrected chi connectivity index (χ1v) is 8.26. The molecule has 1 fully saturated rings. The molecule has 1 heterocycles. The van der Waals surface area contributed by atoms with Crippen molar-refractivity contribution >= 4 is 16.8 Å². The molecule has 0 bridgehead atoms. The van der Waals surface area contributed by atoms with Gasteiger partial charge in [0.2, 0.25) is 5.91 Å². The number of carbonyl (C=O) groups is 1. The van der Waals surface area contributed by atoms with Crippen LogP contribution in [0.2, 0.25) is 0 Å². The van der Waals surface area contributed by atoms with Gasteiger partial charge in [-0.1, -0.05) is 18.6 Å². The van der Waals surface area contributed by atoms with Crippen molar-refractivity contribution < 1.29 is 18.0 Å². The Morgan fingerprint density at radius 3 is 2.56 bits per heavy atom. The van der Waals surface area contributed by atoms with E-state index >= 15 is 0 Å². The third-order valence-electron chi connectivity index (χ3n) is 4.62. The number of pyridine rings is 1. The van der Waals surface area contributed by atoms with Crippen molar-refractivity contribution in [3.8, 4) is 0 Å². The van der Waals surface area contributed by atoms with Gasteiger partial charge in [0.15, 0.2) is 5.43 Å². The van der Waals surface area contributed by atoms with Gasteiger partial charge in [-0.05, 0) is 30.9 Å². The van der Waals surface area contributed by atoms with Crippen LogP contribution in [0.25, 0.3) is 10.9 Å². The maximum absolute atomic E-state index is 12.8. The largest absolute Gasteiger partial charge is 0.406 e. The lowest BCUT2D eigenvalue weighted by molar-refractivity contribution is -0.163. The minimum absolute atomic E-state index is 0.135. The van der Waals surface area contributed by atoms with Crippen LogP contribution < -0.4 is 5.43 Å². The maximum atomic E-state index is 12.8. The molecular formula is C18H19F3N2O2. The second-order valence-electron chi connectivity index (χ2n) is 6.51. The van der Waals surface area contributed by atoms with E-state index in [-0.39, 0.29) is 24.4 Å². The van der Waals surface area contributed by atoms with E-state index in [1.54, 1.807) is 24.3 Å². The topological polar surface area (TPSA) is 42.3 Å². The molecule has 0 unspecified atom stereocenters. The van der Waals surface area contributed by atoms with Gasteiger partial charge in [-0.2, -0.15) is 13.2 Å². The zero-order chi connectivity index (χ0) is 18.0. The number of halogens is 3. The van der Waals surface area contributed by atoms with E-state index < -0.39 is 18.6 Å². The molecular weight excluding hydrogens is 333 g/mol. The number of aromatic nitrogens is 1. The number of alkyl halides is 3. The maximum Gasteiger partial charge on any atom is 0.406 e. The average molecular weight is 352 g/mol. The summed E-state index contributed by atoms with van der Waals surface area (Å²) in [5.41, 5.74) is 0.361. The summed E-state index contributed by atoms with van der Waals surface area (Å²) in [6.07, 6.45) is -0.239. The quantitative estimate of drug-likeness (QED) is 0.829. The molecule has 25 heavy (non-hydrogen) atoms. The smallest absolute Gasteiger partial charge is 0.338 e. The van der Waals surface area contributed by atoms with Crippen molar-refractivity contribution in [2.45, 2.75) is 32.0 Å². The number of amides is 1. The summed E-state index contributed by atoms with van der Waals surface area (Å²) < 4.78 is 40.1. The summed E-state index contributed by atoms with van der Waals surface area (Å²) in [7, 11) is 0. The van der Waals surface area contributed by atoms with Crippen molar-refractivity contribution in [1.29, 1.82) is 0 Å². The average Bonchev–Trinajstić information content (AvgIpc) is 2.51. The van der Waals surface area contributed by atoms with Crippen LogP contribution in [0, 0.1) is 5.92 Å². The van der Waals surface area contributed by atoms with Crippen LogP contribution in [-0.4, -0.2) is 34.6 Å². The SMILES string of the molecule is O=C(Cn1ccc(=O)c2ccccc21)N(CC1CCC1)CC(F)(F)F. The molecule has 1 aliphatic rings. The van der Waals surface area contributed by atoms with Crippen LogP contribution in [0.15, 0.2) is 41.3 Å².